The van der Waals surface area contributed by atoms with Crippen LogP contribution in [0.5, 0.6) is 5.75 Å². The van der Waals surface area contributed by atoms with Gasteiger partial charge in [-0.25, -0.2) is 0 Å². The van der Waals surface area contributed by atoms with Crippen molar-refractivity contribution in [1.82, 2.24) is 15.1 Å². The highest BCUT2D eigenvalue weighted by molar-refractivity contribution is 6.09. The molecule has 0 unspecified atom stereocenters. The van der Waals surface area contributed by atoms with Gasteiger partial charge in [0.2, 0.25) is 0 Å². The number of nitrogens with one attached hydrogen (secondary N) is 2. The van der Waals surface area contributed by atoms with Crippen LogP contribution in [0.1, 0.15) is 34.7 Å². The largest absolute Gasteiger partial charge is 0.493 e. The molecule has 0 saturated carbocycles. The van der Waals surface area contributed by atoms with Crippen LogP contribution in [0, 0.1) is 0 Å². The number of carbonyl (C=O) groups excluding carboxylic acids is 2. The van der Waals surface area contributed by atoms with Gasteiger partial charge in [-0.15, -0.1) is 0 Å². The fraction of sp³-hybridized carbons (Fsp3) is 0.312. The third-order valence-corrected chi connectivity index (χ3v) is 3.21. The molecule has 1 aromatic carbocycles. The zero-order valence-corrected chi connectivity index (χ0v) is 13.4. The molecular weight excluding hydrogens is 296 g/mol. The predicted octanol–water partition coefficient (Wildman–Crippen LogP) is 1.91. The van der Waals surface area contributed by atoms with E-state index in [2.05, 4.69) is 15.7 Å². The van der Waals surface area contributed by atoms with Gasteiger partial charge >= 0.3 is 0 Å². The Hall–Kier alpha value is -2.83. The smallest absolute Gasteiger partial charge is 0.273 e. The number of anilines is 1. The molecule has 1 aromatic heterocycles. The summed E-state index contributed by atoms with van der Waals surface area (Å²) in [7, 11) is 1.52. The molecule has 2 rings (SSSR count). The summed E-state index contributed by atoms with van der Waals surface area (Å²) in [5, 5.41) is 9.41. The number of amides is 2. The summed E-state index contributed by atoms with van der Waals surface area (Å²) in [6, 6.07) is 6.96. The van der Waals surface area contributed by atoms with Crippen LogP contribution in [0.15, 0.2) is 30.5 Å². The fourth-order valence-electron chi connectivity index (χ4n) is 2.09. The van der Waals surface area contributed by atoms with Crippen LogP contribution in [0.25, 0.3) is 0 Å². The monoisotopic (exact) mass is 316 g/mol. The molecule has 0 bridgehead atoms. The number of hydrogen-bond donors (Lipinski definition) is 2. The van der Waals surface area contributed by atoms with Gasteiger partial charge in [-0.1, -0.05) is 12.1 Å². The second-order valence-corrected chi connectivity index (χ2v) is 4.71. The minimum atomic E-state index is -0.356. The van der Waals surface area contributed by atoms with E-state index >= 15 is 0 Å². The number of aromatic nitrogens is 2. The minimum Gasteiger partial charge on any atom is -0.493 e. The van der Waals surface area contributed by atoms with Gasteiger partial charge in [0.05, 0.1) is 17.9 Å². The molecule has 0 fully saturated rings. The Labute approximate surface area is 134 Å². The normalized spacial score (nSPS) is 10.2. The average Bonchev–Trinajstić information content (AvgIpc) is 2.98. The third-order valence-electron chi connectivity index (χ3n) is 3.21. The summed E-state index contributed by atoms with van der Waals surface area (Å²) in [4.78, 5) is 24.4. The highest BCUT2D eigenvalue weighted by Gasteiger charge is 2.19. The number of aryl methyl sites for hydroxylation is 1. The number of benzene rings is 1. The van der Waals surface area contributed by atoms with E-state index < -0.39 is 0 Å². The minimum absolute atomic E-state index is 0.177. The standard InChI is InChI=1S/C16H20N4O3/c1-4-20-10-12(14(19-20)16(22)17-3)18-15(21)11-8-6-7-9-13(11)23-5-2/h6-10H,4-5H2,1-3H3,(H,17,22)(H,18,21). The lowest BCUT2D eigenvalue weighted by Crippen LogP contribution is -2.21. The van der Waals surface area contributed by atoms with Gasteiger partial charge in [0.1, 0.15) is 5.75 Å². The van der Waals surface area contributed by atoms with Crippen molar-refractivity contribution in [3.8, 4) is 5.75 Å². The number of ether oxygens (including phenoxy) is 1. The summed E-state index contributed by atoms with van der Waals surface area (Å²) in [5.41, 5.74) is 0.945. The maximum Gasteiger partial charge on any atom is 0.273 e. The lowest BCUT2D eigenvalue weighted by atomic mass is 10.2. The summed E-state index contributed by atoms with van der Waals surface area (Å²) < 4.78 is 7.05. The van der Waals surface area contributed by atoms with Crippen molar-refractivity contribution in [2.45, 2.75) is 20.4 Å². The van der Waals surface area contributed by atoms with Crippen molar-refractivity contribution in [3.63, 3.8) is 0 Å². The first-order valence-electron chi connectivity index (χ1n) is 7.43. The van der Waals surface area contributed by atoms with E-state index in [1.54, 1.807) is 35.1 Å². The predicted molar refractivity (Wildman–Crippen MR) is 86.9 cm³/mol. The molecular formula is C16H20N4O3. The second kappa shape index (κ2) is 7.44. The molecule has 1 heterocycles. The van der Waals surface area contributed by atoms with Crippen molar-refractivity contribution < 1.29 is 14.3 Å². The molecule has 2 N–H and O–H groups in total. The molecule has 0 spiro atoms. The zero-order chi connectivity index (χ0) is 16.8. The van der Waals surface area contributed by atoms with Crippen molar-refractivity contribution in [2.24, 2.45) is 0 Å². The van der Waals surface area contributed by atoms with E-state index in [0.717, 1.165) is 0 Å². The van der Waals surface area contributed by atoms with Gasteiger partial charge in [0, 0.05) is 19.8 Å². The fourth-order valence-corrected chi connectivity index (χ4v) is 2.09. The molecule has 0 aliphatic rings. The van der Waals surface area contributed by atoms with Gasteiger partial charge < -0.3 is 15.4 Å². The van der Waals surface area contributed by atoms with Crippen LogP contribution >= 0.6 is 0 Å². The summed E-state index contributed by atoms with van der Waals surface area (Å²) in [5.74, 6) is -0.211. The van der Waals surface area contributed by atoms with Crippen molar-refractivity contribution in [2.75, 3.05) is 19.0 Å². The van der Waals surface area contributed by atoms with Crippen LogP contribution in [-0.4, -0.2) is 35.2 Å². The number of rotatable bonds is 6. The molecule has 0 radical (unpaired) electrons. The number of nitrogens with zero attached hydrogens (tertiary/aromatic N) is 2. The van der Waals surface area contributed by atoms with Gasteiger partial charge in [-0.05, 0) is 26.0 Å². The molecule has 0 aliphatic carbocycles. The van der Waals surface area contributed by atoms with E-state index in [9.17, 15) is 9.59 Å². The zero-order valence-electron chi connectivity index (χ0n) is 13.4. The van der Waals surface area contributed by atoms with Gasteiger partial charge in [0.25, 0.3) is 11.8 Å². The molecule has 2 amide bonds. The number of hydrogen-bond acceptors (Lipinski definition) is 4. The lowest BCUT2D eigenvalue weighted by molar-refractivity contribution is 0.0958. The van der Waals surface area contributed by atoms with Crippen molar-refractivity contribution >= 4 is 17.5 Å². The van der Waals surface area contributed by atoms with Gasteiger partial charge in [-0.3, -0.25) is 14.3 Å². The second-order valence-electron chi connectivity index (χ2n) is 4.71. The highest BCUT2D eigenvalue weighted by Crippen LogP contribution is 2.21. The topological polar surface area (TPSA) is 85.2 Å². The number of para-hydroxylation sites is 1. The first-order valence-corrected chi connectivity index (χ1v) is 7.43. The summed E-state index contributed by atoms with van der Waals surface area (Å²) in [6.45, 7) is 4.80. The molecule has 7 heteroatoms. The SMILES string of the molecule is CCOc1ccccc1C(=O)Nc1cn(CC)nc1C(=O)NC. The Morgan fingerprint density at radius 1 is 1.22 bits per heavy atom. The first kappa shape index (κ1) is 16.5. The Morgan fingerprint density at radius 3 is 2.61 bits per heavy atom. The van der Waals surface area contributed by atoms with Crippen LogP contribution in [-0.2, 0) is 6.54 Å². The van der Waals surface area contributed by atoms with Crippen molar-refractivity contribution in [1.29, 1.82) is 0 Å². The van der Waals surface area contributed by atoms with E-state index in [0.29, 0.717) is 30.2 Å². The average molecular weight is 316 g/mol. The quantitative estimate of drug-likeness (QED) is 0.852. The maximum atomic E-state index is 12.5. The highest BCUT2D eigenvalue weighted by atomic mass is 16.5. The molecule has 23 heavy (non-hydrogen) atoms. The van der Waals surface area contributed by atoms with E-state index in [-0.39, 0.29) is 17.5 Å². The molecule has 0 atom stereocenters. The van der Waals surface area contributed by atoms with Crippen molar-refractivity contribution in [3.05, 3.63) is 41.7 Å². The Balaban J connectivity index is 2.30. The van der Waals surface area contributed by atoms with Crippen LogP contribution in [0.4, 0.5) is 5.69 Å². The molecule has 2 aromatic rings. The molecule has 122 valence electrons. The Bertz CT molecular complexity index is 709. The lowest BCUT2D eigenvalue weighted by Gasteiger charge is -2.10. The molecule has 7 nitrogen and oxygen atoms in total. The van der Waals surface area contributed by atoms with Crippen LogP contribution in [0.2, 0.25) is 0 Å². The third kappa shape index (κ3) is 3.68. The Kier molecular flexibility index (Phi) is 5.35. The Morgan fingerprint density at radius 2 is 1.96 bits per heavy atom. The molecule has 0 saturated heterocycles. The number of carbonyl (C=O) groups is 2. The van der Waals surface area contributed by atoms with Gasteiger partial charge in [-0.2, -0.15) is 5.10 Å². The first-order chi connectivity index (χ1) is 11.1. The van der Waals surface area contributed by atoms with Crippen LogP contribution in [0.3, 0.4) is 0 Å². The maximum absolute atomic E-state index is 12.5. The summed E-state index contributed by atoms with van der Waals surface area (Å²) >= 11 is 0. The molecule has 0 aliphatic heterocycles. The van der Waals surface area contributed by atoms with E-state index in [1.165, 1.54) is 7.05 Å². The van der Waals surface area contributed by atoms with Gasteiger partial charge in [0.15, 0.2) is 5.69 Å². The van der Waals surface area contributed by atoms with E-state index in [4.69, 9.17) is 4.74 Å². The van der Waals surface area contributed by atoms with Crippen LogP contribution < -0.4 is 15.4 Å². The van der Waals surface area contributed by atoms with E-state index in [1.807, 2.05) is 13.8 Å². The summed E-state index contributed by atoms with van der Waals surface area (Å²) in [6.07, 6.45) is 1.63.